The minimum atomic E-state index is -0.134. The third kappa shape index (κ3) is 3.55. The molecule has 4 rings (SSSR count). The van der Waals surface area contributed by atoms with E-state index in [1.54, 1.807) is 12.4 Å². The Bertz CT molecular complexity index is 691. The Labute approximate surface area is 159 Å². The van der Waals surface area contributed by atoms with Crippen LogP contribution in [-0.2, 0) is 14.4 Å². The van der Waals surface area contributed by atoms with Gasteiger partial charge in [0, 0.05) is 57.2 Å². The summed E-state index contributed by atoms with van der Waals surface area (Å²) in [6, 6.07) is 3.95. The standard InChI is InChI=1S/C20H26N4O3/c25-18(23-13-11-22(12-14-23)15-5-8-21-9-6-15)7-10-24-19(26)16-3-1-2-4-17(16)20(24)27/h5-6,8-9,16-17H,1-4,7,10-14H2/t16-,17-/m1/s1. The van der Waals surface area contributed by atoms with Gasteiger partial charge in [-0.3, -0.25) is 24.3 Å². The Balaban J connectivity index is 1.28. The summed E-state index contributed by atoms with van der Waals surface area (Å²) in [5.41, 5.74) is 1.12. The van der Waals surface area contributed by atoms with Gasteiger partial charge in [-0.15, -0.1) is 0 Å². The van der Waals surface area contributed by atoms with Gasteiger partial charge in [0.1, 0.15) is 0 Å². The quantitative estimate of drug-likeness (QED) is 0.747. The van der Waals surface area contributed by atoms with Crippen molar-refractivity contribution < 1.29 is 14.4 Å². The molecule has 1 aromatic heterocycles. The summed E-state index contributed by atoms with van der Waals surface area (Å²) < 4.78 is 0. The van der Waals surface area contributed by atoms with Crippen molar-refractivity contribution in [2.75, 3.05) is 37.6 Å². The first kappa shape index (κ1) is 17.9. The number of nitrogens with zero attached hydrogens (tertiary/aromatic N) is 4. The molecule has 27 heavy (non-hydrogen) atoms. The molecule has 0 aromatic carbocycles. The van der Waals surface area contributed by atoms with Gasteiger partial charge in [-0.1, -0.05) is 12.8 Å². The molecule has 2 saturated heterocycles. The molecule has 1 saturated carbocycles. The molecule has 2 atom stereocenters. The fraction of sp³-hybridized carbons (Fsp3) is 0.600. The van der Waals surface area contributed by atoms with Gasteiger partial charge in [0.25, 0.3) is 0 Å². The molecule has 1 aliphatic carbocycles. The van der Waals surface area contributed by atoms with Crippen LogP contribution in [0.1, 0.15) is 32.1 Å². The Morgan fingerprint density at radius 1 is 0.963 bits per heavy atom. The van der Waals surface area contributed by atoms with Gasteiger partial charge in [0.2, 0.25) is 17.7 Å². The molecular formula is C20H26N4O3. The van der Waals surface area contributed by atoms with Crippen LogP contribution in [0.4, 0.5) is 5.69 Å². The molecule has 2 aliphatic heterocycles. The molecule has 0 unspecified atom stereocenters. The number of imide groups is 1. The first-order chi connectivity index (χ1) is 13.1. The SMILES string of the molecule is O=C(CCN1C(=O)[C@@H]2CCCC[C@H]2C1=O)N1CCN(c2ccncc2)CC1. The molecule has 3 heterocycles. The number of aromatic nitrogens is 1. The molecule has 3 aliphatic rings. The van der Waals surface area contributed by atoms with Crippen molar-refractivity contribution in [3.63, 3.8) is 0 Å². The van der Waals surface area contributed by atoms with Crippen molar-refractivity contribution in [2.24, 2.45) is 11.8 Å². The number of carbonyl (C=O) groups excluding carboxylic acids is 3. The molecule has 7 heteroatoms. The molecule has 0 spiro atoms. The van der Waals surface area contributed by atoms with E-state index >= 15 is 0 Å². The molecular weight excluding hydrogens is 344 g/mol. The first-order valence-electron chi connectivity index (χ1n) is 9.93. The second-order valence-electron chi connectivity index (χ2n) is 7.65. The van der Waals surface area contributed by atoms with E-state index in [0.717, 1.165) is 44.5 Å². The Kier molecular flexibility index (Phi) is 5.09. The molecule has 7 nitrogen and oxygen atoms in total. The average molecular weight is 370 g/mol. The van der Waals surface area contributed by atoms with Crippen LogP contribution < -0.4 is 4.90 Å². The predicted octanol–water partition coefficient (Wildman–Crippen LogP) is 1.30. The third-order valence-electron chi connectivity index (χ3n) is 6.14. The van der Waals surface area contributed by atoms with Crippen LogP contribution in [-0.4, -0.2) is 65.2 Å². The Morgan fingerprint density at radius 3 is 2.15 bits per heavy atom. The lowest BCUT2D eigenvalue weighted by atomic mass is 9.81. The summed E-state index contributed by atoms with van der Waals surface area (Å²) in [6.45, 7) is 3.11. The maximum atomic E-state index is 12.6. The molecule has 3 amide bonds. The van der Waals surface area contributed by atoms with Crippen molar-refractivity contribution in [1.82, 2.24) is 14.8 Å². The predicted molar refractivity (Wildman–Crippen MR) is 99.8 cm³/mol. The normalized spacial score (nSPS) is 25.7. The summed E-state index contributed by atoms with van der Waals surface area (Å²) in [5, 5.41) is 0. The molecule has 0 N–H and O–H groups in total. The van der Waals surface area contributed by atoms with E-state index in [4.69, 9.17) is 0 Å². The van der Waals surface area contributed by atoms with Crippen molar-refractivity contribution in [3.8, 4) is 0 Å². The van der Waals surface area contributed by atoms with E-state index in [0.29, 0.717) is 13.1 Å². The maximum absolute atomic E-state index is 12.6. The minimum absolute atomic E-state index is 0.0276. The van der Waals surface area contributed by atoms with Crippen molar-refractivity contribution in [3.05, 3.63) is 24.5 Å². The number of likely N-dealkylation sites (tertiary alicyclic amines) is 1. The number of pyridine rings is 1. The number of carbonyl (C=O) groups is 3. The number of hydrogen-bond donors (Lipinski definition) is 0. The number of hydrogen-bond acceptors (Lipinski definition) is 5. The van der Waals surface area contributed by atoms with Crippen molar-refractivity contribution in [2.45, 2.75) is 32.1 Å². The van der Waals surface area contributed by atoms with Crippen LogP contribution >= 0.6 is 0 Å². The highest BCUT2D eigenvalue weighted by Crippen LogP contribution is 2.38. The molecule has 144 valence electrons. The minimum Gasteiger partial charge on any atom is -0.368 e. The van der Waals surface area contributed by atoms with E-state index in [2.05, 4.69) is 9.88 Å². The monoisotopic (exact) mass is 370 g/mol. The van der Waals surface area contributed by atoms with Gasteiger partial charge in [0.15, 0.2) is 0 Å². The van der Waals surface area contributed by atoms with Gasteiger partial charge in [-0.2, -0.15) is 0 Å². The highest BCUT2D eigenvalue weighted by atomic mass is 16.2. The number of fused-ring (bicyclic) bond motifs is 1. The fourth-order valence-electron chi connectivity index (χ4n) is 4.59. The van der Waals surface area contributed by atoms with Crippen LogP contribution in [0, 0.1) is 11.8 Å². The van der Waals surface area contributed by atoms with E-state index in [1.165, 1.54) is 4.90 Å². The first-order valence-corrected chi connectivity index (χ1v) is 9.93. The van der Waals surface area contributed by atoms with Crippen LogP contribution in [0.15, 0.2) is 24.5 Å². The number of rotatable bonds is 4. The highest BCUT2D eigenvalue weighted by molar-refractivity contribution is 6.05. The smallest absolute Gasteiger partial charge is 0.233 e. The van der Waals surface area contributed by atoms with Gasteiger partial charge in [-0.25, -0.2) is 0 Å². The summed E-state index contributed by atoms with van der Waals surface area (Å²) >= 11 is 0. The van der Waals surface area contributed by atoms with Gasteiger partial charge >= 0.3 is 0 Å². The van der Waals surface area contributed by atoms with Crippen molar-refractivity contribution in [1.29, 1.82) is 0 Å². The lowest BCUT2D eigenvalue weighted by Crippen LogP contribution is -2.49. The molecule has 3 fully saturated rings. The fourth-order valence-corrected chi connectivity index (χ4v) is 4.59. The third-order valence-corrected chi connectivity index (χ3v) is 6.14. The zero-order valence-electron chi connectivity index (χ0n) is 15.5. The van der Waals surface area contributed by atoms with E-state index in [1.807, 2.05) is 17.0 Å². The van der Waals surface area contributed by atoms with E-state index < -0.39 is 0 Å². The Morgan fingerprint density at radius 2 is 1.56 bits per heavy atom. The van der Waals surface area contributed by atoms with Gasteiger partial charge < -0.3 is 9.80 Å². The summed E-state index contributed by atoms with van der Waals surface area (Å²) in [7, 11) is 0. The van der Waals surface area contributed by atoms with Crippen LogP contribution in [0.25, 0.3) is 0 Å². The highest BCUT2D eigenvalue weighted by Gasteiger charge is 2.47. The molecule has 0 radical (unpaired) electrons. The maximum Gasteiger partial charge on any atom is 0.233 e. The summed E-state index contributed by atoms with van der Waals surface area (Å²) in [6.07, 6.45) is 7.45. The number of piperazine rings is 1. The van der Waals surface area contributed by atoms with Gasteiger partial charge in [-0.05, 0) is 25.0 Å². The van der Waals surface area contributed by atoms with Crippen LogP contribution in [0.2, 0.25) is 0 Å². The van der Waals surface area contributed by atoms with Crippen LogP contribution in [0.3, 0.4) is 0 Å². The topological polar surface area (TPSA) is 73.8 Å². The lowest BCUT2D eigenvalue weighted by molar-refractivity contribution is -0.140. The number of amides is 3. The van der Waals surface area contributed by atoms with Crippen LogP contribution in [0.5, 0.6) is 0 Å². The van der Waals surface area contributed by atoms with Crippen molar-refractivity contribution >= 4 is 23.4 Å². The largest absolute Gasteiger partial charge is 0.368 e. The van der Waals surface area contributed by atoms with Gasteiger partial charge in [0.05, 0.1) is 11.8 Å². The molecule has 0 bridgehead atoms. The summed E-state index contributed by atoms with van der Waals surface area (Å²) in [5.74, 6) is -0.351. The summed E-state index contributed by atoms with van der Waals surface area (Å²) in [4.78, 5) is 47.1. The Hall–Kier alpha value is -2.44. The molecule has 1 aromatic rings. The second kappa shape index (κ2) is 7.66. The number of anilines is 1. The van der Waals surface area contributed by atoms with E-state index in [9.17, 15) is 14.4 Å². The second-order valence-corrected chi connectivity index (χ2v) is 7.65. The van der Waals surface area contributed by atoms with E-state index in [-0.39, 0.29) is 42.5 Å². The lowest BCUT2D eigenvalue weighted by Gasteiger charge is -2.36. The zero-order chi connectivity index (χ0) is 18.8. The zero-order valence-corrected chi connectivity index (χ0v) is 15.5. The average Bonchev–Trinajstić information content (AvgIpc) is 2.97.